The molecule has 1 unspecified atom stereocenters. The molecule has 0 fully saturated rings. The maximum atomic E-state index is 12.3. The third kappa shape index (κ3) is 5.63. The van der Waals surface area contributed by atoms with Crippen LogP contribution in [0.1, 0.15) is 25.3 Å². The van der Waals surface area contributed by atoms with Crippen molar-refractivity contribution < 1.29 is 22.7 Å². The lowest BCUT2D eigenvalue weighted by Gasteiger charge is -2.22. The van der Waals surface area contributed by atoms with Crippen LogP contribution in [0, 0.1) is 0 Å². The molecule has 0 aromatic heterocycles. The van der Waals surface area contributed by atoms with Gasteiger partial charge in [0, 0.05) is 19.2 Å². The number of hydrogen-bond donors (Lipinski definition) is 1. The van der Waals surface area contributed by atoms with Gasteiger partial charge in [0.05, 0.1) is 6.04 Å². The summed E-state index contributed by atoms with van der Waals surface area (Å²) < 4.78 is 40.9. The Balaban J connectivity index is 2.80. The standard InChI is InChI=1S/C14H19F3N2O2/c1-3-6-11(18)13(20)19(2)9-10-7-4-5-8-12(10)21-14(15,16)17/h4-5,7-8,11H,3,6,9,18H2,1-2H3. The normalized spacial score (nSPS) is 12.9. The van der Waals surface area contributed by atoms with Gasteiger partial charge in [-0.2, -0.15) is 0 Å². The molecule has 118 valence electrons. The minimum atomic E-state index is -4.77. The Kier molecular flexibility index (Phi) is 6.02. The van der Waals surface area contributed by atoms with Crippen molar-refractivity contribution in [2.24, 2.45) is 5.73 Å². The first kappa shape index (κ1) is 17.3. The Labute approximate surface area is 121 Å². The number of likely N-dealkylation sites (N-methyl/N-ethyl adjacent to an activating group) is 1. The van der Waals surface area contributed by atoms with Crippen LogP contribution in [0.3, 0.4) is 0 Å². The first-order chi connectivity index (χ1) is 9.74. The van der Waals surface area contributed by atoms with Gasteiger partial charge >= 0.3 is 6.36 Å². The number of nitrogens with two attached hydrogens (primary N) is 1. The predicted molar refractivity (Wildman–Crippen MR) is 72.5 cm³/mol. The molecule has 2 N–H and O–H groups in total. The summed E-state index contributed by atoms with van der Waals surface area (Å²) in [5, 5.41) is 0. The molecule has 1 atom stereocenters. The number of halogens is 3. The van der Waals surface area contributed by atoms with Crippen LogP contribution in [-0.2, 0) is 11.3 Å². The fraction of sp³-hybridized carbons (Fsp3) is 0.500. The third-order valence-electron chi connectivity index (χ3n) is 2.90. The van der Waals surface area contributed by atoms with Crippen molar-refractivity contribution in [3.63, 3.8) is 0 Å². The summed E-state index contributed by atoms with van der Waals surface area (Å²) in [6, 6.07) is 5.08. The van der Waals surface area contributed by atoms with Gasteiger partial charge in [0.2, 0.25) is 5.91 Å². The zero-order valence-corrected chi connectivity index (χ0v) is 12.0. The molecule has 0 spiro atoms. The number of hydrogen-bond acceptors (Lipinski definition) is 3. The molecule has 1 rings (SSSR count). The van der Waals surface area contributed by atoms with E-state index in [2.05, 4.69) is 4.74 Å². The van der Waals surface area contributed by atoms with Crippen molar-refractivity contribution in [3.8, 4) is 5.75 Å². The largest absolute Gasteiger partial charge is 0.573 e. The van der Waals surface area contributed by atoms with Crippen molar-refractivity contribution >= 4 is 5.91 Å². The quantitative estimate of drug-likeness (QED) is 0.879. The predicted octanol–water partition coefficient (Wildman–Crippen LogP) is 2.67. The van der Waals surface area contributed by atoms with Crippen molar-refractivity contribution in [1.82, 2.24) is 4.90 Å². The summed E-state index contributed by atoms with van der Waals surface area (Å²) in [5.74, 6) is -0.618. The molecule has 0 aliphatic rings. The van der Waals surface area contributed by atoms with Gasteiger partial charge in [0.25, 0.3) is 0 Å². The fourth-order valence-electron chi connectivity index (χ4n) is 1.91. The average Bonchev–Trinajstić information content (AvgIpc) is 2.38. The maximum absolute atomic E-state index is 12.3. The molecule has 0 bridgehead atoms. The molecule has 0 saturated carbocycles. The monoisotopic (exact) mass is 304 g/mol. The molecular formula is C14H19F3N2O2. The van der Waals surface area contributed by atoms with E-state index >= 15 is 0 Å². The lowest BCUT2D eigenvalue weighted by Crippen LogP contribution is -2.41. The van der Waals surface area contributed by atoms with Crippen LogP contribution in [0.25, 0.3) is 0 Å². The molecule has 1 aromatic rings. The summed E-state index contributed by atoms with van der Waals surface area (Å²) in [5.41, 5.74) is 5.99. The lowest BCUT2D eigenvalue weighted by molar-refractivity contribution is -0.275. The van der Waals surface area contributed by atoms with Crippen molar-refractivity contribution in [2.45, 2.75) is 38.7 Å². The molecule has 0 aliphatic carbocycles. The van der Waals surface area contributed by atoms with E-state index < -0.39 is 12.4 Å². The number of ether oxygens (including phenoxy) is 1. The topological polar surface area (TPSA) is 55.6 Å². The van der Waals surface area contributed by atoms with E-state index in [1.807, 2.05) is 6.92 Å². The van der Waals surface area contributed by atoms with Gasteiger partial charge in [-0.3, -0.25) is 4.79 Å². The fourth-order valence-corrected chi connectivity index (χ4v) is 1.91. The van der Waals surface area contributed by atoms with Gasteiger partial charge in [-0.25, -0.2) is 0 Å². The number of para-hydroxylation sites is 1. The van der Waals surface area contributed by atoms with E-state index in [-0.39, 0.29) is 23.8 Å². The molecule has 4 nitrogen and oxygen atoms in total. The number of benzene rings is 1. The molecule has 1 aromatic carbocycles. The van der Waals surface area contributed by atoms with Gasteiger partial charge in [0.1, 0.15) is 5.75 Å². The van der Waals surface area contributed by atoms with E-state index in [1.165, 1.54) is 30.1 Å². The van der Waals surface area contributed by atoms with E-state index in [0.29, 0.717) is 6.42 Å². The van der Waals surface area contributed by atoms with Gasteiger partial charge in [-0.15, -0.1) is 13.2 Å². The van der Waals surface area contributed by atoms with E-state index in [9.17, 15) is 18.0 Å². The van der Waals surface area contributed by atoms with Gasteiger partial charge < -0.3 is 15.4 Å². The highest BCUT2D eigenvalue weighted by Gasteiger charge is 2.32. The second kappa shape index (κ2) is 7.31. The van der Waals surface area contributed by atoms with E-state index in [0.717, 1.165) is 6.42 Å². The minimum Gasteiger partial charge on any atom is -0.405 e. The Morgan fingerprint density at radius 3 is 2.57 bits per heavy atom. The summed E-state index contributed by atoms with van der Waals surface area (Å²) >= 11 is 0. The van der Waals surface area contributed by atoms with Crippen LogP contribution in [0.2, 0.25) is 0 Å². The van der Waals surface area contributed by atoms with Crippen molar-refractivity contribution in [2.75, 3.05) is 7.05 Å². The molecule has 0 saturated heterocycles. The molecule has 0 aliphatic heterocycles. The maximum Gasteiger partial charge on any atom is 0.573 e. The Morgan fingerprint density at radius 2 is 2.00 bits per heavy atom. The smallest absolute Gasteiger partial charge is 0.405 e. The first-order valence-electron chi connectivity index (χ1n) is 6.58. The van der Waals surface area contributed by atoms with Crippen molar-refractivity contribution in [3.05, 3.63) is 29.8 Å². The van der Waals surface area contributed by atoms with Gasteiger partial charge in [0.15, 0.2) is 0 Å². The number of rotatable bonds is 6. The van der Waals surface area contributed by atoms with Crippen LogP contribution in [0.5, 0.6) is 5.75 Å². The van der Waals surface area contributed by atoms with Gasteiger partial charge in [-0.1, -0.05) is 31.5 Å². The number of amides is 1. The van der Waals surface area contributed by atoms with Crippen LogP contribution < -0.4 is 10.5 Å². The Bertz CT molecular complexity index is 478. The first-order valence-corrected chi connectivity index (χ1v) is 6.58. The molecule has 0 heterocycles. The minimum absolute atomic E-state index is 0.00248. The zero-order chi connectivity index (χ0) is 16.0. The van der Waals surface area contributed by atoms with Crippen LogP contribution in [0.15, 0.2) is 24.3 Å². The molecule has 7 heteroatoms. The number of carbonyl (C=O) groups is 1. The number of nitrogens with zero attached hydrogens (tertiary/aromatic N) is 1. The molecule has 1 amide bonds. The third-order valence-corrected chi connectivity index (χ3v) is 2.90. The van der Waals surface area contributed by atoms with E-state index in [1.54, 1.807) is 6.07 Å². The lowest BCUT2D eigenvalue weighted by atomic mass is 10.1. The van der Waals surface area contributed by atoms with Crippen LogP contribution in [-0.4, -0.2) is 30.3 Å². The summed E-state index contributed by atoms with van der Waals surface area (Å²) in [6.45, 7) is 1.90. The Morgan fingerprint density at radius 1 is 1.38 bits per heavy atom. The second-order valence-corrected chi connectivity index (χ2v) is 4.74. The summed E-state index contributed by atoms with van der Waals surface area (Å²) in [6.07, 6.45) is -3.48. The Hall–Kier alpha value is -1.76. The zero-order valence-electron chi connectivity index (χ0n) is 12.0. The average molecular weight is 304 g/mol. The molecular weight excluding hydrogens is 285 g/mol. The highest BCUT2D eigenvalue weighted by Crippen LogP contribution is 2.27. The summed E-state index contributed by atoms with van der Waals surface area (Å²) in [4.78, 5) is 13.3. The van der Waals surface area contributed by atoms with Crippen molar-refractivity contribution in [1.29, 1.82) is 0 Å². The van der Waals surface area contributed by atoms with Crippen LogP contribution in [0.4, 0.5) is 13.2 Å². The molecule has 21 heavy (non-hydrogen) atoms. The number of alkyl halides is 3. The second-order valence-electron chi connectivity index (χ2n) is 4.74. The van der Waals surface area contributed by atoms with E-state index in [4.69, 9.17) is 5.73 Å². The summed E-state index contributed by atoms with van der Waals surface area (Å²) in [7, 11) is 1.50. The van der Waals surface area contributed by atoms with Crippen LogP contribution >= 0.6 is 0 Å². The highest BCUT2D eigenvalue weighted by atomic mass is 19.4. The van der Waals surface area contributed by atoms with Gasteiger partial charge in [-0.05, 0) is 12.5 Å². The SMILES string of the molecule is CCCC(N)C(=O)N(C)Cc1ccccc1OC(F)(F)F. The number of carbonyl (C=O) groups excluding carboxylic acids is 1. The molecule has 0 radical (unpaired) electrons. The highest BCUT2D eigenvalue weighted by molar-refractivity contribution is 5.81.